The Hall–Kier alpha value is -1.86. The number of benzene rings is 1. The summed E-state index contributed by atoms with van der Waals surface area (Å²) < 4.78 is 50.5. The summed E-state index contributed by atoms with van der Waals surface area (Å²) in [5.74, 6) is -1.55. The van der Waals surface area contributed by atoms with Gasteiger partial charge in [0.05, 0.1) is 6.61 Å². The van der Waals surface area contributed by atoms with Crippen LogP contribution in [0.25, 0.3) is 0 Å². The van der Waals surface area contributed by atoms with E-state index in [2.05, 4.69) is 4.74 Å². The largest absolute Gasteiger partial charge is 0.455 e. The third-order valence-electron chi connectivity index (χ3n) is 3.29. The second-order valence-electron chi connectivity index (χ2n) is 4.71. The van der Waals surface area contributed by atoms with Crippen LogP contribution in [0, 0.1) is 0 Å². The Morgan fingerprint density at radius 3 is 2.35 bits per heavy atom. The zero-order valence-electron chi connectivity index (χ0n) is 12.8. The van der Waals surface area contributed by atoms with E-state index < -0.39 is 23.9 Å². The summed E-state index contributed by atoms with van der Waals surface area (Å²) in [6, 6.07) is 6.60. The van der Waals surface area contributed by atoms with Gasteiger partial charge in [-0.1, -0.05) is 43.3 Å². The van der Waals surface area contributed by atoms with Crippen molar-refractivity contribution in [1.29, 1.82) is 0 Å². The molecule has 0 bridgehead atoms. The predicted octanol–water partition coefficient (Wildman–Crippen LogP) is 2.96. The Balaban J connectivity index is 3.25. The van der Waals surface area contributed by atoms with Crippen LogP contribution in [0.5, 0.6) is 0 Å². The fraction of sp³-hybridized carbons (Fsp3) is 0.438. The molecular formula is C16H19F3O4. The van der Waals surface area contributed by atoms with Crippen LogP contribution in [0.3, 0.4) is 0 Å². The SMILES string of the molecule is CC[C@H](/C=C\CO)OC(=O)[C@@](OC)(c1ccccc1)C(F)(F)F. The van der Waals surface area contributed by atoms with Crippen molar-refractivity contribution >= 4 is 5.97 Å². The number of halogens is 3. The van der Waals surface area contributed by atoms with Crippen LogP contribution in [0.15, 0.2) is 42.5 Å². The zero-order valence-corrected chi connectivity index (χ0v) is 12.8. The molecule has 23 heavy (non-hydrogen) atoms. The van der Waals surface area contributed by atoms with Crippen molar-refractivity contribution in [3.8, 4) is 0 Å². The quantitative estimate of drug-likeness (QED) is 0.616. The van der Waals surface area contributed by atoms with Gasteiger partial charge in [-0.25, -0.2) is 4.79 Å². The number of alkyl halides is 3. The van der Waals surface area contributed by atoms with Crippen molar-refractivity contribution in [2.75, 3.05) is 13.7 Å². The molecule has 0 unspecified atom stereocenters. The molecule has 0 spiro atoms. The Morgan fingerprint density at radius 1 is 1.30 bits per heavy atom. The molecule has 1 aromatic carbocycles. The van der Waals surface area contributed by atoms with E-state index in [1.54, 1.807) is 6.92 Å². The second kappa shape index (κ2) is 8.12. The van der Waals surface area contributed by atoms with E-state index in [0.717, 1.165) is 19.2 Å². The highest BCUT2D eigenvalue weighted by molar-refractivity contribution is 5.83. The number of methoxy groups -OCH3 is 1. The fourth-order valence-corrected chi connectivity index (χ4v) is 2.08. The monoisotopic (exact) mass is 332 g/mol. The number of ether oxygens (including phenoxy) is 2. The third kappa shape index (κ3) is 4.11. The molecule has 0 amide bonds. The first-order valence-electron chi connectivity index (χ1n) is 6.99. The van der Waals surface area contributed by atoms with E-state index >= 15 is 0 Å². The highest BCUT2D eigenvalue weighted by atomic mass is 19.4. The van der Waals surface area contributed by atoms with Crippen LogP contribution in [0.2, 0.25) is 0 Å². The summed E-state index contributed by atoms with van der Waals surface area (Å²) >= 11 is 0. The third-order valence-corrected chi connectivity index (χ3v) is 3.29. The summed E-state index contributed by atoms with van der Waals surface area (Å²) in [7, 11) is 0.812. The number of aliphatic hydroxyl groups is 1. The van der Waals surface area contributed by atoms with Crippen LogP contribution in [-0.2, 0) is 19.9 Å². The number of carbonyl (C=O) groups excluding carboxylic acids is 1. The van der Waals surface area contributed by atoms with Crippen LogP contribution in [-0.4, -0.2) is 37.1 Å². The van der Waals surface area contributed by atoms with E-state index in [4.69, 9.17) is 9.84 Å². The first-order valence-corrected chi connectivity index (χ1v) is 6.99. The topological polar surface area (TPSA) is 55.8 Å². The molecule has 0 heterocycles. The Morgan fingerprint density at radius 2 is 1.91 bits per heavy atom. The molecular weight excluding hydrogens is 313 g/mol. The minimum atomic E-state index is -5.00. The smallest absolute Gasteiger partial charge is 0.432 e. The molecule has 0 aromatic heterocycles. The van der Waals surface area contributed by atoms with Gasteiger partial charge in [0.1, 0.15) is 6.10 Å². The molecule has 0 radical (unpaired) electrons. The van der Waals surface area contributed by atoms with Gasteiger partial charge < -0.3 is 14.6 Å². The number of carbonyl (C=O) groups is 1. The van der Waals surface area contributed by atoms with Gasteiger partial charge in [-0.15, -0.1) is 0 Å². The number of aliphatic hydroxyl groups excluding tert-OH is 1. The molecule has 1 N–H and O–H groups in total. The van der Waals surface area contributed by atoms with Crippen molar-refractivity contribution in [3.05, 3.63) is 48.0 Å². The average molecular weight is 332 g/mol. The number of hydrogen-bond acceptors (Lipinski definition) is 4. The van der Waals surface area contributed by atoms with Gasteiger partial charge in [0.15, 0.2) is 0 Å². The molecule has 2 atom stereocenters. The van der Waals surface area contributed by atoms with Crippen molar-refractivity contribution < 1.29 is 32.5 Å². The van der Waals surface area contributed by atoms with Gasteiger partial charge in [-0.3, -0.25) is 0 Å². The van der Waals surface area contributed by atoms with E-state index in [9.17, 15) is 18.0 Å². The molecule has 0 aliphatic rings. The standard InChI is InChI=1S/C16H19F3O4/c1-3-13(10-7-11-20)23-14(21)15(22-2,16(17,18)19)12-8-5-4-6-9-12/h4-10,13,20H,3,11H2,1-2H3/b10-7-/t13-,15+/m1/s1. The summed E-state index contributed by atoms with van der Waals surface area (Å²) in [5.41, 5.74) is -3.56. The molecule has 0 saturated heterocycles. The normalized spacial score (nSPS) is 16.1. The average Bonchev–Trinajstić information content (AvgIpc) is 2.52. The van der Waals surface area contributed by atoms with Gasteiger partial charge in [0.2, 0.25) is 0 Å². The Kier molecular flexibility index (Phi) is 6.78. The van der Waals surface area contributed by atoms with E-state index in [0.29, 0.717) is 0 Å². The molecule has 1 aromatic rings. The van der Waals surface area contributed by atoms with E-state index in [1.807, 2.05) is 0 Å². The zero-order chi connectivity index (χ0) is 17.5. The number of hydrogen-bond donors (Lipinski definition) is 1. The van der Waals surface area contributed by atoms with Gasteiger partial charge in [-0.05, 0) is 12.5 Å². The minimum Gasteiger partial charge on any atom is -0.455 e. The first-order chi connectivity index (χ1) is 10.8. The number of esters is 1. The lowest BCUT2D eigenvalue weighted by Crippen LogP contribution is -2.52. The Bertz CT molecular complexity index is 528. The molecule has 4 nitrogen and oxygen atoms in total. The summed E-state index contributed by atoms with van der Waals surface area (Å²) in [4.78, 5) is 12.3. The lowest BCUT2D eigenvalue weighted by atomic mass is 9.92. The molecule has 0 fully saturated rings. The maximum atomic E-state index is 13.6. The van der Waals surface area contributed by atoms with Crippen molar-refractivity contribution in [2.24, 2.45) is 0 Å². The van der Waals surface area contributed by atoms with Crippen LogP contribution in [0.4, 0.5) is 13.2 Å². The van der Waals surface area contributed by atoms with Gasteiger partial charge >= 0.3 is 12.1 Å². The van der Waals surface area contributed by atoms with E-state index in [-0.39, 0.29) is 18.6 Å². The number of rotatable bonds is 7. The predicted molar refractivity (Wildman–Crippen MR) is 77.6 cm³/mol. The van der Waals surface area contributed by atoms with Crippen LogP contribution in [0.1, 0.15) is 18.9 Å². The molecule has 1 rings (SSSR count). The van der Waals surface area contributed by atoms with Crippen LogP contribution >= 0.6 is 0 Å². The van der Waals surface area contributed by atoms with Gasteiger partial charge in [-0.2, -0.15) is 13.2 Å². The molecule has 7 heteroatoms. The van der Waals surface area contributed by atoms with Gasteiger partial charge in [0, 0.05) is 12.7 Å². The van der Waals surface area contributed by atoms with Crippen molar-refractivity contribution in [1.82, 2.24) is 0 Å². The molecule has 0 aliphatic heterocycles. The highest BCUT2D eigenvalue weighted by Crippen LogP contribution is 2.43. The lowest BCUT2D eigenvalue weighted by molar-refractivity contribution is -0.277. The van der Waals surface area contributed by atoms with Crippen molar-refractivity contribution in [3.63, 3.8) is 0 Å². The Labute approximate surface area is 132 Å². The first kappa shape index (κ1) is 19.2. The van der Waals surface area contributed by atoms with Crippen LogP contribution < -0.4 is 0 Å². The molecule has 0 aliphatic carbocycles. The lowest BCUT2D eigenvalue weighted by Gasteiger charge is -2.33. The maximum Gasteiger partial charge on any atom is 0.432 e. The summed E-state index contributed by atoms with van der Waals surface area (Å²) in [5, 5.41) is 8.73. The van der Waals surface area contributed by atoms with Crippen molar-refractivity contribution in [2.45, 2.75) is 31.2 Å². The van der Waals surface area contributed by atoms with E-state index in [1.165, 1.54) is 30.4 Å². The second-order valence-corrected chi connectivity index (χ2v) is 4.71. The summed E-state index contributed by atoms with van der Waals surface area (Å²) in [6.45, 7) is 1.34. The maximum absolute atomic E-state index is 13.6. The van der Waals surface area contributed by atoms with Gasteiger partial charge in [0.25, 0.3) is 5.60 Å². The fourth-order valence-electron chi connectivity index (χ4n) is 2.08. The highest BCUT2D eigenvalue weighted by Gasteiger charge is 2.64. The molecule has 0 saturated carbocycles. The summed E-state index contributed by atoms with van der Waals surface area (Å²) in [6.07, 6.45) is -3.00. The minimum absolute atomic E-state index is 0.259. The molecule has 128 valence electrons.